The van der Waals surface area contributed by atoms with Crippen LogP contribution in [0.4, 0.5) is 0 Å². The number of benzene rings is 1. The van der Waals surface area contributed by atoms with E-state index in [1.807, 2.05) is 13.1 Å². The molecule has 3 aromatic rings. The number of aromatic nitrogens is 3. The number of rotatable bonds is 5. The van der Waals surface area contributed by atoms with Gasteiger partial charge in [0.15, 0.2) is 5.82 Å². The number of hydrogen-bond acceptors (Lipinski definition) is 6. The fourth-order valence-electron chi connectivity index (χ4n) is 3.29. The summed E-state index contributed by atoms with van der Waals surface area (Å²) in [5.41, 5.74) is 1.07. The van der Waals surface area contributed by atoms with Crippen LogP contribution >= 0.6 is 23.7 Å². The largest absolute Gasteiger partial charge is 0.339 e. The van der Waals surface area contributed by atoms with E-state index in [9.17, 15) is 0 Å². The quantitative estimate of drug-likeness (QED) is 0.651. The number of likely N-dealkylation sites (N-methyl/N-ethyl adjacent to an activating group) is 1. The Morgan fingerprint density at radius 2 is 1.96 bits per heavy atom. The van der Waals surface area contributed by atoms with Gasteiger partial charge in [-0.25, -0.2) is 4.98 Å². The van der Waals surface area contributed by atoms with Crippen molar-refractivity contribution in [2.24, 2.45) is 0 Å². The van der Waals surface area contributed by atoms with Gasteiger partial charge in [0.25, 0.3) is 0 Å². The Hall–Kier alpha value is -1.76. The number of nitrogens with one attached hydrogen (secondary N) is 1. The molecule has 138 valence electrons. The molecule has 0 amide bonds. The van der Waals surface area contributed by atoms with E-state index in [0.29, 0.717) is 12.0 Å². The molecule has 3 unspecified atom stereocenters. The number of para-hydroxylation sites is 1. The molecule has 7 heteroatoms. The third-order valence-corrected chi connectivity index (χ3v) is 6.01. The summed E-state index contributed by atoms with van der Waals surface area (Å²) in [4.78, 5) is 9.54. The molecule has 1 aliphatic carbocycles. The number of halogens is 1. The first-order valence-corrected chi connectivity index (χ1v) is 9.56. The van der Waals surface area contributed by atoms with Gasteiger partial charge in [-0.2, -0.15) is 4.98 Å². The van der Waals surface area contributed by atoms with Gasteiger partial charge >= 0.3 is 0 Å². The molecule has 2 aromatic heterocycles. The Bertz CT molecular complexity index is 857. The van der Waals surface area contributed by atoms with E-state index in [1.54, 1.807) is 11.3 Å². The maximum atomic E-state index is 5.63. The second-order valence-corrected chi connectivity index (χ2v) is 7.68. The van der Waals surface area contributed by atoms with Crippen molar-refractivity contribution in [2.45, 2.75) is 44.1 Å². The Morgan fingerprint density at radius 1 is 1.19 bits per heavy atom. The van der Waals surface area contributed by atoms with Crippen LogP contribution in [0.1, 0.15) is 48.3 Å². The monoisotopic (exact) mass is 390 g/mol. The zero-order valence-electron chi connectivity index (χ0n) is 14.9. The summed E-state index contributed by atoms with van der Waals surface area (Å²) in [5, 5.41) is 8.56. The number of thiazole rings is 1. The normalized spacial score (nSPS) is 20.8. The predicted octanol–water partition coefficient (Wildman–Crippen LogP) is 4.47. The molecule has 3 atom stereocenters. The molecule has 1 N–H and O–H groups in total. The van der Waals surface area contributed by atoms with Crippen molar-refractivity contribution in [3.63, 3.8) is 0 Å². The lowest BCUT2D eigenvalue weighted by Crippen LogP contribution is -2.24. The van der Waals surface area contributed by atoms with Crippen LogP contribution in [-0.4, -0.2) is 28.2 Å². The first-order chi connectivity index (χ1) is 12.2. The van der Waals surface area contributed by atoms with Gasteiger partial charge in [-0.15, -0.1) is 23.7 Å². The van der Waals surface area contributed by atoms with Crippen LogP contribution in [0.5, 0.6) is 0 Å². The maximum Gasteiger partial charge on any atom is 0.230 e. The molecule has 1 aliphatic rings. The highest BCUT2D eigenvalue weighted by molar-refractivity contribution is 7.18. The number of hydrogen-bond donors (Lipinski definition) is 1. The van der Waals surface area contributed by atoms with Crippen molar-refractivity contribution in [1.29, 1.82) is 0 Å². The molecule has 0 spiro atoms. The fraction of sp³-hybridized carbons (Fsp3) is 0.421. The minimum Gasteiger partial charge on any atom is -0.339 e. The lowest BCUT2D eigenvalue weighted by atomic mass is 9.83. The summed E-state index contributed by atoms with van der Waals surface area (Å²) in [7, 11) is 1.95. The molecule has 4 rings (SSSR count). The average Bonchev–Trinajstić information content (AvgIpc) is 3.28. The number of nitrogens with zero attached hydrogens (tertiary/aromatic N) is 3. The van der Waals surface area contributed by atoms with Crippen molar-refractivity contribution in [3.05, 3.63) is 53.1 Å². The standard InChI is InChI=1S/C19H22N4OS.ClH/c1-12(20-2)11-17-22-18(24-23-17)13-7-3-4-8-14(13)19-21-15-9-5-6-10-16(15)25-19;/h3-6,9-10,12-14,20H,7-8,11H2,1-2H3;1H. The zero-order valence-corrected chi connectivity index (χ0v) is 16.5. The van der Waals surface area contributed by atoms with Crippen molar-refractivity contribution >= 4 is 34.0 Å². The molecular formula is C19H23ClN4OS. The second-order valence-electron chi connectivity index (χ2n) is 6.62. The summed E-state index contributed by atoms with van der Waals surface area (Å²) in [6, 6.07) is 8.64. The SMILES string of the molecule is CNC(C)Cc1noc(C2CC=CCC2c2nc3ccccc3s2)n1.Cl. The van der Waals surface area contributed by atoms with Gasteiger partial charge in [0, 0.05) is 18.4 Å². The lowest BCUT2D eigenvalue weighted by Gasteiger charge is -2.23. The molecule has 0 radical (unpaired) electrons. The van der Waals surface area contributed by atoms with Crippen LogP contribution in [-0.2, 0) is 6.42 Å². The van der Waals surface area contributed by atoms with E-state index in [4.69, 9.17) is 9.51 Å². The van der Waals surface area contributed by atoms with E-state index in [-0.39, 0.29) is 18.3 Å². The van der Waals surface area contributed by atoms with Gasteiger partial charge in [-0.3, -0.25) is 0 Å². The molecule has 0 aliphatic heterocycles. The second kappa shape index (κ2) is 8.29. The Kier molecular flexibility index (Phi) is 6.06. The molecule has 0 saturated heterocycles. The van der Waals surface area contributed by atoms with Gasteiger partial charge in [-0.05, 0) is 38.9 Å². The molecule has 0 bridgehead atoms. The minimum absolute atomic E-state index is 0. The molecule has 2 heterocycles. The fourth-order valence-corrected chi connectivity index (χ4v) is 4.43. The first kappa shape index (κ1) is 19.0. The van der Waals surface area contributed by atoms with Crippen LogP contribution in [0.15, 0.2) is 40.9 Å². The molecule has 26 heavy (non-hydrogen) atoms. The lowest BCUT2D eigenvalue weighted by molar-refractivity contribution is 0.326. The molecule has 5 nitrogen and oxygen atoms in total. The van der Waals surface area contributed by atoms with Gasteiger partial charge in [0.05, 0.1) is 21.1 Å². The Labute approximate surface area is 163 Å². The van der Waals surface area contributed by atoms with Crippen LogP contribution in [0.3, 0.4) is 0 Å². The highest BCUT2D eigenvalue weighted by Crippen LogP contribution is 2.43. The topological polar surface area (TPSA) is 63.8 Å². The van der Waals surface area contributed by atoms with E-state index in [2.05, 4.69) is 52.7 Å². The first-order valence-electron chi connectivity index (χ1n) is 8.75. The summed E-state index contributed by atoms with van der Waals surface area (Å²) < 4.78 is 6.87. The van der Waals surface area contributed by atoms with E-state index in [1.165, 1.54) is 9.71 Å². The van der Waals surface area contributed by atoms with E-state index >= 15 is 0 Å². The van der Waals surface area contributed by atoms with E-state index in [0.717, 1.165) is 36.5 Å². The van der Waals surface area contributed by atoms with Gasteiger partial charge in [0.2, 0.25) is 5.89 Å². The highest BCUT2D eigenvalue weighted by atomic mass is 35.5. The van der Waals surface area contributed by atoms with Gasteiger partial charge in [-0.1, -0.05) is 29.4 Å². The summed E-state index contributed by atoms with van der Waals surface area (Å²) >= 11 is 1.78. The van der Waals surface area contributed by atoms with Crippen LogP contribution in [0, 0.1) is 0 Å². The summed E-state index contributed by atoms with van der Waals surface area (Å²) in [6.07, 6.45) is 7.12. The van der Waals surface area contributed by atoms with Crippen molar-refractivity contribution in [1.82, 2.24) is 20.4 Å². The molecule has 1 aromatic carbocycles. The maximum absolute atomic E-state index is 5.63. The number of allylic oxidation sites excluding steroid dienone is 2. The molecule has 0 fully saturated rings. The molecular weight excluding hydrogens is 368 g/mol. The van der Waals surface area contributed by atoms with Crippen LogP contribution in [0.2, 0.25) is 0 Å². The highest BCUT2D eigenvalue weighted by Gasteiger charge is 2.32. The van der Waals surface area contributed by atoms with Crippen molar-refractivity contribution < 1.29 is 4.52 Å². The van der Waals surface area contributed by atoms with Gasteiger partial charge in [0.1, 0.15) is 0 Å². The van der Waals surface area contributed by atoms with Gasteiger partial charge < -0.3 is 9.84 Å². The van der Waals surface area contributed by atoms with Crippen molar-refractivity contribution in [3.8, 4) is 0 Å². The molecule has 0 saturated carbocycles. The zero-order chi connectivity index (χ0) is 17.2. The average molecular weight is 391 g/mol. The predicted molar refractivity (Wildman–Crippen MR) is 107 cm³/mol. The third-order valence-electron chi connectivity index (χ3n) is 4.84. The third kappa shape index (κ3) is 3.82. The van der Waals surface area contributed by atoms with E-state index < -0.39 is 0 Å². The van der Waals surface area contributed by atoms with Crippen LogP contribution in [0.25, 0.3) is 10.2 Å². The summed E-state index contributed by atoms with van der Waals surface area (Å²) in [5.74, 6) is 2.02. The summed E-state index contributed by atoms with van der Waals surface area (Å²) in [6.45, 7) is 2.11. The Morgan fingerprint density at radius 3 is 2.73 bits per heavy atom. The Balaban J connectivity index is 0.00000196. The van der Waals surface area contributed by atoms with Crippen molar-refractivity contribution in [2.75, 3.05) is 7.05 Å². The minimum atomic E-state index is 0. The smallest absolute Gasteiger partial charge is 0.230 e. The number of fused-ring (bicyclic) bond motifs is 1. The van der Waals surface area contributed by atoms with Crippen LogP contribution < -0.4 is 5.32 Å².